The van der Waals surface area contributed by atoms with Crippen LogP contribution in [0.4, 0.5) is 11.4 Å². The molecule has 2 aromatic rings. The number of hydrogen-bond donors (Lipinski definition) is 2. The Morgan fingerprint density at radius 2 is 1.89 bits per heavy atom. The summed E-state index contributed by atoms with van der Waals surface area (Å²) in [6.07, 6.45) is 2.58. The van der Waals surface area contributed by atoms with Crippen LogP contribution in [-0.4, -0.2) is 37.0 Å². The van der Waals surface area contributed by atoms with Crippen LogP contribution in [0.5, 0.6) is 5.75 Å². The van der Waals surface area contributed by atoms with Crippen LogP contribution in [0.25, 0.3) is 0 Å². The van der Waals surface area contributed by atoms with Crippen LogP contribution in [0.15, 0.2) is 42.5 Å². The molecule has 1 aliphatic heterocycles. The Morgan fingerprint density at radius 3 is 2.56 bits per heavy atom. The largest absolute Gasteiger partial charge is 0.492 e. The molecule has 3 N–H and O–H groups in total. The average molecular weight is 412 g/mol. The third kappa shape index (κ3) is 6.61. The van der Waals surface area contributed by atoms with Crippen molar-refractivity contribution >= 4 is 42.1 Å². The number of nitrogens with two attached hydrogens (primary N) is 1. The van der Waals surface area contributed by atoms with Crippen molar-refractivity contribution in [2.24, 2.45) is 0 Å². The average Bonchev–Trinajstić information content (AvgIpc) is 3.10. The summed E-state index contributed by atoms with van der Waals surface area (Å²) in [5.74, 6) is 0.690. The summed E-state index contributed by atoms with van der Waals surface area (Å²) in [5, 5.41) is 2.90. The van der Waals surface area contributed by atoms with Gasteiger partial charge in [0.25, 0.3) is 5.91 Å². The van der Waals surface area contributed by atoms with Gasteiger partial charge in [-0.05, 0) is 74.8 Å². The van der Waals surface area contributed by atoms with Crippen LogP contribution in [0.1, 0.15) is 28.8 Å². The lowest BCUT2D eigenvalue weighted by atomic mass is 10.1. The van der Waals surface area contributed by atoms with Crippen molar-refractivity contribution in [1.82, 2.24) is 4.90 Å². The summed E-state index contributed by atoms with van der Waals surface area (Å²) in [7, 11) is 0. The number of ether oxygens (including phenoxy) is 1. The van der Waals surface area contributed by atoms with Crippen molar-refractivity contribution in [3.63, 3.8) is 0 Å². The molecule has 1 saturated heterocycles. The Balaban J connectivity index is 0.00000182. The van der Waals surface area contributed by atoms with Gasteiger partial charge in [0.15, 0.2) is 0 Å². The molecule has 0 aromatic heterocycles. The van der Waals surface area contributed by atoms with E-state index < -0.39 is 0 Å². The molecule has 0 spiro atoms. The lowest BCUT2D eigenvalue weighted by Crippen LogP contribution is -2.25. The highest BCUT2D eigenvalue weighted by molar-refractivity contribution is 6.04. The first-order valence-corrected chi connectivity index (χ1v) is 8.74. The van der Waals surface area contributed by atoms with E-state index in [2.05, 4.69) is 10.2 Å². The number of aryl methyl sites for hydroxylation is 1. The number of anilines is 2. The molecule has 0 atom stereocenters. The number of amides is 1. The van der Waals surface area contributed by atoms with E-state index in [1.54, 1.807) is 24.3 Å². The molecule has 0 radical (unpaired) electrons. The molecule has 7 heteroatoms. The van der Waals surface area contributed by atoms with Gasteiger partial charge in [-0.25, -0.2) is 0 Å². The van der Waals surface area contributed by atoms with E-state index in [9.17, 15) is 4.79 Å². The van der Waals surface area contributed by atoms with Crippen molar-refractivity contribution in [1.29, 1.82) is 0 Å². The van der Waals surface area contributed by atoms with Crippen molar-refractivity contribution < 1.29 is 9.53 Å². The van der Waals surface area contributed by atoms with E-state index in [-0.39, 0.29) is 30.7 Å². The molecule has 1 aliphatic rings. The Labute approximate surface area is 173 Å². The number of hydrogen-bond acceptors (Lipinski definition) is 4. The zero-order chi connectivity index (χ0) is 17.6. The fourth-order valence-corrected chi connectivity index (χ4v) is 3.06. The number of benzene rings is 2. The van der Waals surface area contributed by atoms with Gasteiger partial charge >= 0.3 is 0 Å². The Kier molecular flexibility index (Phi) is 9.43. The van der Waals surface area contributed by atoms with Crippen LogP contribution >= 0.6 is 24.8 Å². The maximum atomic E-state index is 12.3. The molecule has 0 unspecified atom stereocenters. The monoisotopic (exact) mass is 411 g/mol. The molecular formula is C20H27Cl2N3O2. The van der Waals surface area contributed by atoms with Gasteiger partial charge in [-0.2, -0.15) is 0 Å². The lowest BCUT2D eigenvalue weighted by Gasteiger charge is -2.16. The maximum absolute atomic E-state index is 12.3. The fraction of sp³-hybridized carbons (Fsp3) is 0.350. The first-order valence-electron chi connectivity index (χ1n) is 8.74. The maximum Gasteiger partial charge on any atom is 0.255 e. The first-order chi connectivity index (χ1) is 12.1. The van der Waals surface area contributed by atoms with Crippen LogP contribution in [-0.2, 0) is 0 Å². The SMILES string of the molecule is Cc1cc(NC(=O)c2cccc(N)c2)ccc1OCCN1CCCC1.Cl.Cl. The van der Waals surface area contributed by atoms with Crippen molar-refractivity contribution in [3.05, 3.63) is 53.6 Å². The number of carbonyl (C=O) groups excluding carboxylic acids is 1. The fourth-order valence-electron chi connectivity index (χ4n) is 3.06. The zero-order valence-electron chi connectivity index (χ0n) is 15.4. The van der Waals surface area contributed by atoms with Gasteiger partial charge in [0, 0.05) is 23.5 Å². The molecule has 1 fully saturated rings. The van der Waals surface area contributed by atoms with Crippen LogP contribution in [0.3, 0.4) is 0 Å². The standard InChI is InChI=1S/C20H25N3O2.2ClH/c1-15-13-18(22-20(24)16-5-4-6-17(21)14-16)7-8-19(15)25-12-11-23-9-2-3-10-23;;/h4-8,13-14H,2-3,9-12,21H2,1H3,(H,22,24);2*1H. The quantitative estimate of drug-likeness (QED) is 0.700. The van der Waals surface area contributed by atoms with E-state index in [1.165, 1.54) is 25.9 Å². The second kappa shape index (κ2) is 11.0. The lowest BCUT2D eigenvalue weighted by molar-refractivity contribution is 0.102. The van der Waals surface area contributed by atoms with Gasteiger partial charge in [0.05, 0.1) is 0 Å². The Hall–Kier alpha value is -1.95. The minimum absolute atomic E-state index is 0. The van der Waals surface area contributed by atoms with Crippen molar-refractivity contribution in [2.45, 2.75) is 19.8 Å². The third-order valence-electron chi connectivity index (χ3n) is 4.45. The van der Waals surface area contributed by atoms with E-state index in [4.69, 9.17) is 10.5 Å². The van der Waals surface area contributed by atoms with E-state index in [0.29, 0.717) is 17.9 Å². The second-order valence-corrected chi connectivity index (χ2v) is 6.46. The van der Waals surface area contributed by atoms with Crippen LogP contribution in [0, 0.1) is 6.92 Å². The van der Waals surface area contributed by atoms with Gasteiger partial charge < -0.3 is 15.8 Å². The molecule has 148 valence electrons. The van der Waals surface area contributed by atoms with E-state index in [1.807, 2.05) is 25.1 Å². The number of halogens is 2. The van der Waals surface area contributed by atoms with Crippen LogP contribution in [0.2, 0.25) is 0 Å². The van der Waals surface area contributed by atoms with Gasteiger partial charge in [-0.1, -0.05) is 6.07 Å². The predicted octanol–water partition coefficient (Wildman–Crippen LogP) is 4.15. The highest BCUT2D eigenvalue weighted by atomic mass is 35.5. The van der Waals surface area contributed by atoms with Crippen LogP contribution < -0.4 is 15.8 Å². The Bertz CT molecular complexity index is 750. The van der Waals surface area contributed by atoms with Gasteiger partial charge in [-0.15, -0.1) is 24.8 Å². The molecule has 0 aliphatic carbocycles. The minimum atomic E-state index is -0.172. The predicted molar refractivity (Wildman–Crippen MR) is 116 cm³/mol. The van der Waals surface area contributed by atoms with E-state index >= 15 is 0 Å². The molecular weight excluding hydrogens is 385 g/mol. The Morgan fingerprint density at radius 1 is 1.15 bits per heavy atom. The summed E-state index contributed by atoms with van der Waals surface area (Å²) in [6, 6.07) is 12.6. The normalized spacial score (nSPS) is 13.4. The topological polar surface area (TPSA) is 67.6 Å². The van der Waals surface area contributed by atoms with E-state index in [0.717, 1.165) is 23.5 Å². The second-order valence-electron chi connectivity index (χ2n) is 6.46. The zero-order valence-corrected chi connectivity index (χ0v) is 17.1. The number of carbonyl (C=O) groups is 1. The van der Waals surface area contributed by atoms with Gasteiger partial charge in [0.1, 0.15) is 12.4 Å². The molecule has 1 heterocycles. The summed E-state index contributed by atoms with van der Waals surface area (Å²) in [4.78, 5) is 14.7. The number of likely N-dealkylation sites (tertiary alicyclic amines) is 1. The summed E-state index contributed by atoms with van der Waals surface area (Å²) >= 11 is 0. The molecule has 3 rings (SSSR count). The van der Waals surface area contributed by atoms with Gasteiger partial charge in [0.2, 0.25) is 0 Å². The number of nitrogens with zero attached hydrogens (tertiary/aromatic N) is 1. The highest BCUT2D eigenvalue weighted by Gasteiger charge is 2.12. The third-order valence-corrected chi connectivity index (χ3v) is 4.45. The van der Waals surface area contributed by atoms with Gasteiger partial charge in [-0.3, -0.25) is 9.69 Å². The molecule has 0 bridgehead atoms. The molecule has 27 heavy (non-hydrogen) atoms. The minimum Gasteiger partial charge on any atom is -0.492 e. The summed E-state index contributed by atoms with van der Waals surface area (Å²) in [6.45, 7) is 6.00. The molecule has 5 nitrogen and oxygen atoms in total. The summed E-state index contributed by atoms with van der Waals surface area (Å²) in [5.41, 5.74) is 8.60. The molecule has 1 amide bonds. The molecule has 0 saturated carbocycles. The smallest absolute Gasteiger partial charge is 0.255 e. The number of nitrogen functional groups attached to an aromatic ring is 1. The highest BCUT2D eigenvalue weighted by Crippen LogP contribution is 2.22. The number of nitrogens with one attached hydrogen (secondary N) is 1. The number of rotatable bonds is 6. The van der Waals surface area contributed by atoms with Crippen molar-refractivity contribution in [3.8, 4) is 5.75 Å². The molecule has 2 aromatic carbocycles. The van der Waals surface area contributed by atoms with Crippen molar-refractivity contribution in [2.75, 3.05) is 37.3 Å². The summed E-state index contributed by atoms with van der Waals surface area (Å²) < 4.78 is 5.89. The first kappa shape index (κ1) is 23.1.